The van der Waals surface area contributed by atoms with Crippen molar-refractivity contribution in [3.63, 3.8) is 0 Å². The fourth-order valence-electron chi connectivity index (χ4n) is 2.78. The molecule has 1 heterocycles. The quantitative estimate of drug-likeness (QED) is 0.787. The van der Waals surface area contributed by atoms with Gasteiger partial charge in [0.2, 0.25) is 11.8 Å². The van der Waals surface area contributed by atoms with E-state index in [1.807, 2.05) is 32.0 Å². The van der Waals surface area contributed by atoms with Crippen LogP contribution in [0.5, 0.6) is 11.5 Å². The summed E-state index contributed by atoms with van der Waals surface area (Å²) in [6.07, 6.45) is 0. The van der Waals surface area contributed by atoms with Crippen molar-refractivity contribution in [3.05, 3.63) is 23.8 Å². The highest BCUT2D eigenvalue weighted by molar-refractivity contribution is 5.95. The molecule has 0 unspecified atom stereocenters. The average molecular weight is 348 g/mol. The fraction of sp³-hybridized carbons (Fsp3) is 0.579. The summed E-state index contributed by atoms with van der Waals surface area (Å²) >= 11 is 0. The van der Waals surface area contributed by atoms with Crippen LogP contribution in [0, 0.1) is 5.92 Å². The van der Waals surface area contributed by atoms with Crippen LogP contribution in [0.4, 0.5) is 0 Å². The van der Waals surface area contributed by atoms with Gasteiger partial charge in [-0.1, -0.05) is 13.8 Å². The van der Waals surface area contributed by atoms with Crippen molar-refractivity contribution in [1.29, 1.82) is 0 Å². The van der Waals surface area contributed by atoms with Gasteiger partial charge in [0.1, 0.15) is 17.5 Å². The van der Waals surface area contributed by atoms with E-state index in [-0.39, 0.29) is 12.0 Å². The number of ether oxygens (including phenoxy) is 4. The van der Waals surface area contributed by atoms with Gasteiger partial charge in [-0.05, 0) is 38.0 Å². The van der Waals surface area contributed by atoms with Crippen molar-refractivity contribution in [1.82, 2.24) is 0 Å². The van der Waals surface area contributed by atoms with Gasteiger partial charge in [0.25, 0.3) is 0 Å². The molecule has 6 nitrogen and oxygen atoms in total. The van der Waals surface area contributed by atoms with Crippen molar-refractivity contribution < 1.29 is 18.9 Å². The van der Waals surface area contributed by atoms with Crippen LogP contribution in [0.1, 0.15) is 39.3 Å². The molecule has 138 valence electrons. The minimum Gasteiger partial charge on any atom is -0.494 e. The maximum Gasteiger partial charge on any atom is 0.214 e. The van der Waals surface area contributed by atoms with Gasteiger partial charge in [0.15, 0.2) is 6.04 Å². The summed E-state index contributed by atoms with van der Waals surface area (Å²) in [7, 11) is 3.24. The molecule has 0 amide bonds. The third kappa shape index (κ3) is 4.24. The zero-order valence-electron chi connectivity index (χ0n) is 15.9. The van der Waals surface area contributed by atoms with Crippen LogP contribution in [0.3, 0.4) is 0 Å². The lowest BCUT2D eigenvalue weighted by atomic mass is 9.99. The first kappa shape index (κ1) is 19.1. The average Bonchev–Trinajstić information content (AvgIpc) is 2.62. The molecule has 0 aromatic heterocycles. The molecule has 25 heavy (non-hydrogen) atoms. The van der Waals surface area contributed by atoms with E-state index in [0.29, 0.717) is 25.0 Å². The largest absolute Gasteiger partial charge is 0.494 e. The van der Waals surface area contributed by atoms with Gasteiger partial charge in [-0.25, -0.2) is 9.98 Å². The first-order chi connectivity index (χ1) is 12.0. The molecule has 6 heteroatoms. The Hall–Kier alpha value is -2.24. The van der Waals surface area contributed by atoms with E-state index < -0.39 is 6.04 Å². The van der Waals surface area contributed by atoms with E-state index >= 15 is 0 Å². The number of hydrogen-bond donors (Lipinski definition) is 0. The molecule has 1 aromatic carbocycles. The number of nitrogens with zero attached hydrogens (tertiary/aromatic N) is 2. The number of rotatable bonds is 6. The Morgan fingerprint density at radius 2 is 1.64 bits per heavy atom. The molecule has 0 saturated carbocycles. The Bertz CT molecular complexity index is 640. The summed E-state index contributed by atoms with van der Waals surface area (Å²) in [5.74, 6) is 2.91. The number of aliphatic imine (C=N–C) groups is 2. The predicted molar refractivity (Wildman–Crippen MR) is 99.0 cm³/mol. The number of benzene rings is 1. The third-order valence-corrected chi connectivity index (χ3v) is 3.95. The molecule has 0 radical (unpaired) electrons. The van der Waals surface area contributed by atoms with Crippen LogP contribution < -0.4 is 9.47 Å². The fourth-order valence-corrected chi connectivity index (χ4v) is 2.78. The molecule has 1 aromatic rings. The molecule has 2 atom stereocenters. The molecule has 0 bridgehead atoms. The summed E-state index contributed by atoms with van der Waals surface area (Å²) in [5.41, 5.74) is 0.852. The molecule has 0 saturated heterocycles. The number of hydrogen-bond acceptors (Lipinski definition) is 6. The molecule has 1 aliphatic rings. The Labute approximate surface area is 149 Å². The van der Waals surface area contributed by atoms with Gasteiger partial charge >= 0.3 is 0 Å². The van der Waals surface area contributed by atoms with E-state index in [4.69, 9.17) is 28.9 Å². The van der Waals surface area contributed by atoms with Crippen LogP contribution in [0.25, 0.3) is 0 Å². The van der Waals surface area contributed by atoms with Crippen molar-refractivity contribution in [2.45, 2.75) is 39.8 Å². The van der Waals surface area contributed by atoms with Crippen molar-refractivity contribution >= 4 is 11.8 Å². The Balaban J connectivity index is 2.51. The van der Waals surface area contributed by atoms with E-state index in [1.54, 1.807) is 14.2 Å². The second-order valence-electron chi connectivity index (χ2n) is 6.00. The number of methoxy groups -OCH3 is 2. The van der Waals surface area contributed by atoms with Gasteiger partial charge in [0.05, 0.1) is 27.4 Å². The molecule has 1 aliphatic heterocycles. The molecule has 0 spiro atoms. The van der Waals surface area contributed by atoms with E-state index in [1.165, 1.54) is 0 Å². The first-order valence-corrected chi connectivity index (χ1v) is 8.68. The standard InChI is InChI=1S/C19H28N2O4/c1-7-24-13-9-10-15(25-8-2)14(11-13)17-19(23-6)20-16(12(3)4)18(21-17)22-5/h9-12,16-17H,7-8H2,1-6H3/t16-,17+/m0/s1. The highest BCUT2D eigenvalue weighted by Crippen LogP contribution is 2.35. The Morgan fingerprint density at radius 3 is 2.20 bits per heavy atom. The SMILES string of the molecule is CCOc1ccc(OCC)c([C@H]2N=C(OC)[C@H](C(C)C)N=C2OC)c1. The second kappa shape index (κ2) is 8.74. The normalized spacial score (nSPS) is 20.0. The minimum atomic E-state index is -0.420. The van der Waals surface area contributed by atoms with Crippen LogP contribution in [-0.2, 0) is 9.47 Å². The monoisotopic (exact) mass is 348 g/mol. The van der Waals surface area contributed by atoms with Gasteiger partial charge in [-0.15, -0.1) is 0 Å². The Morgan fingerprint density at radius 1 is 0.960 bits per heavy atom. The van der Waals surface area contributed by atoms with Crippen LogP contribution >= 0.6 is 0 Å². The molecule has 0 aliphatic carbocycles. The molecular formula is C19H28N2O4. The van der Waals surface area contributed by atoms with Crippen molar-refractivity contribution in [2.24, 2.45) is 15.9 Å². The lowest BCUT2D eigenvalue weighted by Crippen LogP contribution is -2.34. The maximum atomic E-state index is 5.78. The smallest absolute Gasteiger partial charge is 0.214 e. The van der Waals surface area contributed by atoms with E-state index in [9.17, 15) is 0 Å². The van der Waals surface area contributed by atoms with Gasteiger partial charge in [0, 0.05) is 5.56 Å². The van der Waals surface area contributed by atoms with E-state index in [2.05, 4.69) is 13.8 Å². The van der Waals surface area contributed by atoms with E-state index in [0.717, 1.165) is 17.1 Å². The zero-order valence-corrected chi connectivity index (χ0v) is 15.9. The Kier molecular flexibility index (Phi) is 6.67. The van der Waals surface area contributed by atoms with Crippen molar-refractivity contribution in [3.8, 4) is 11.5 Å². The topological polar surface area (TPSA) is 61.6 Å². The van der Waals surface area contributed by atoms with Crippen LogP contribution in [0.15, 0.2) is 28.2 Å². The third-order valence-electron chi connectivity index (χ3n) is 3.95. The van der Waals surface area contributed by atoms with Gasteiger partial charge in [-0.2, -0.15) is 0 Å². The highest BCUT2D eigenvalue weighted by Gasteiger charge is 2.33. The van der Waals surface area contributed by atoms with Crippen molar-refractivity contribution in [2.75, 3.05) is 27.4 Å². The summed E-state index contributed by atoms with van der Waals surface area (Å²) in [6, 6.07) is 5.15. The summed E-state index contributed by atoms with van der Waals surface area (Å²) in [4.78, 5) is 9.50. The summed E-state index contributed by atoms with van der Waals surface area (Å²) in [6.45, 7) is 9.21. The van der Waals surface area contributed by atoms with Crippen LogP contribution in [0.2, 0.25) is 0 Å². The lowest BCUT2D eigenvalue weighted by Gasteiger charge is -2.28. The highest BCUT2D eigenvalue weighted by atomic mass is 16.5. The predicted octanol–water partition coefficient (Wildman–Crippen LogP) is 3.65. The molecular weight excluding hydrogens is 320 g/mol. The molecule has 0 N–H and O–H groups in total. The summed E-state index contributed by atoms with van der Waals surface area (Å²) < 4.78 is 22.5. The minimum absolute atomic E-state index is 0.151. The van der Waals surface area contributed by atoms with Gasteiger partial charge < -0.3 is 18.9 Å². The lowest BCUT2D eigenvalue weighted by molar-refractivity contribution is 0.317. The maximum absolute atomic E-state index is 5.78. The summed E-state index contributed by atoms with van der Waals surface area (Å²) in [5, 5.41) is 0. The zero-order chi connectivity index (χ0) is 18.4. The molecule has 2 rings (SSSR count). The van der Waals surface area contributed by atoms with Crippen LogP contribution in [-0.4, -0.2) is 45.3 Å². The second-order valence-corrected chi connectivity index (χ2v) is 6.00. The first-order valence-electron chi connectivity index (χ1n) is 8.68. The van der Waals surface area contributed by atoms with Gasteiger partial charge in [-0.3, -0.25) is 0 Å². The molecule has 0 fully saturated rings.